The molecule has 4 atom stereocenters. The largest absolute Gasteiger partial charge is 0.307 e. The van der Waals surface area contributed by atoms with Crippen molar-refractivity contribution >= 4 is 10.8 Å². The zero-order valence-electron chi connectivity index (χ0n) is 11.9. The fraction of sp³-hybridized carbons (Fsp3) is 1.00. The van der Waals surface area contributed by atoms with Gasteiger partial charge in [-0.25, -0.2) is 0 Å². The van der Waals surface area contributed by atoms with E-state index in [9.17, 15) is 4.21 Å². The lowest BCUT2D eigenvalue weighted by molar-refractivity contribution is 0.149. The number of fused-ring (bicyclic) bond motifs is 1. The molecule has 1 saturated heterocycles. The van der Waals surface area contributed by atoms with Crippen LogP contribution in [0.15, 0.2) is 0 Å². The maximum Gasteiger partial charge on any atom is 0.0504 e. The standard InChI is InChI=1S/C14H27NOS/c1-13(2,3)10-6-7-11-12(8-10)17(16)9-14(4,5)15-11/h10-12,15H,6-9H2,1-5H3. The van der Waals surface area contributed by atoms with E-state index in [-0.39, 0.29) is 5.54 Å². The molecule has 17 heavy (non-hydrogen) atoms. The minimum atomic E-state index is -0.644. The number of hydrogen-bond donors (Lipinski definition) is 1. The van der Waals surface area contributed by atoms with E-state index in [1.165, 1.54) is 12.8 Å². The molecule has 2 fully saturated rings. The van der Waals surface area contributed by atoms with Gasteiger partial charge in [-0.2, -0.15) is 0 Å². The van der Waals surface area contributed by atoms with Gasteiger partial charge in [0.1, 0.15) is 0 Å². The van der Waals surface area contributed by atoms with E-state index in [1.807, 2.05) is 0 Å². The summed E-state index contributed by atoms with van der Waals surface area (Å²) in [4.78, 5) is 0. The number of hydrogen-bond acceptors (Lipinski definition) is 2. The molecule has 0 spiro atoms. The van der Waals surface area contributed by atoms with Gasteiger partial charge >= 0.3 is 0 Å². The molecule has 0 radical (unpaired) electrons. The van der Waals surface area contributed by atoms with Crippen LogP contribution in [0.1, 0.15) is 53.9 Å². The van der Waals surface area contributed by atoms with Crippen molar-refractivity contribution in [3.05, 3.63) is 0 Å². The molecular weight excluding hydrogens is 230 g/mol. The second-order valence-corrected chi connectivity index (χ2v) is 9.23. The van der Waals surface area contributed by atoms with E-state index < -0.39 is 10.8 Å². The van der Waals surface area contributed by atoms with Crippen LogP contribution >= 0.6 is 0 Å². The third-order valence-corrected chi connectivity index (χ3v) is 6.64. The summed E-state index contributed by atoms with van der Waals surface area (Å²) in [6, 6.07) is 0.484. The van der Waals surface area contributed by atoms with Crippen molar-refractivity contribution in [3.8, 4) is 0 Å². The number of rotatable bonds is 0. The van der Waals surface area contributed by atoms with Gasteiger partial charge in [-0.1, -0.05) is 20.8 Å². The zero-order valence-corrected chi connectivity index (χ0v) is 12.7. The first-order valence-electron chi connectivity index (χ1n) is 6.84. The smallest absolute Gasteiger partial charge is 0.0504 e. The first kappa shape index (κ1) is 13.5. The number of nitrogens with one attached hydrogen (secondary N) is 1. The van der Waals surface area contributed by atoms with Crippen LogP contribution in [-0.4, -0.2) is 26.8 Å². The quantitative estimate of drug-likeness (QED) is 0.723. The molecule has 0 aromatic rings. The molecule has 0 bridgehead atoms. The van der Waals surface area contributed by atoms with Crippen molar-refractivity contribution in [2.75, 3.05) is 5.75 Å². The van der Waals surface area contributed by atoms with Gasteiger partial charge in [0.15, 0.2) is 0 Å². The average Bonchev–Trinajstić information content (AvgIpc) is 2.13. The maximum absolute atomic E-state index is 12.4. The van der Waals surface area contributed by atoms with E-state index in [2.05, 4.69) is 39.9 Å². The van der Waals surface area contributed by atoms with Crippen molar-refractivity contribution in [2.24, 2.45) is 11.3 Å². The molecule has 1 heterocycles. The Bertz CT molecular complexity index is 319. The third-order valence-electron chi connectivity index (χ3n) is 4.43. The molecular formula is C14H27NOS. The first-order chi connectivity index (χ1) is 7.69. The zero-order chi connectivity index (χ0) is 12.8. The van der Waals surface area contributed by atoms with Crippen LogP contribution < -0.4 is 5.32 Å². The summed E-state index contributed by atoms with van der Waals surface area (Å²) in [6.45, 7) is 11.3. The minimum absolute atomic E-state index is 0.0561. The van der Waals surface area contributed by atoms with Gasteiger partial charge in [-0.05, 0) is 44.4 Å². The molecule has 0 amide bonds. The summed E-state index contributed by atoms with van der Waals surface area (Å²) in [5.74, 6) is 1.54. The molecule has 1 aliphatic carbocycles. The van der Waals surface area contributed by atoms with Gasteiger partial charge in [0.2, 0.25) is 0 Å². The van der Waals surface area contributed by atoms with Crippen LogP contribution in [0.2, 0.25) is 0 Å². The van der Waals surface area contributed by atoms with Gasteiger partial charge in [0, 0.05) is 28.1 Å². The normalized spacial score (nSPS) is 41.9. The Kier molecular flexibility index (Phi) is 3.46. The molecule has 1 N–H and O–H groups in total. The van der Waals surface area contributed by atoms with Gasteiger partial charge < -0.3 is 5.32 Å². The van der Waals surface area contributed by atoms with Crippen molar-refractivity contribution in [3.63, 3.8) is 0 Å². The van der Waals surface area contributed by atoms with Crippen LogP contribution in [0, 0.1) is 11.3 Å². The average molecular weight is 257 g/mol. The molecule has 3 heteroatoms. The highest BCUT2D eigenvalue weighted by molar-refractivity contribution is 7.85. The van der Waals surface area contributed by atoms with Crippen LogP contribution in [0.4, 0.5) is 0 Å². The van der Waals surface area contributed by atoms with Gasteiger partial charge in [0.25, 0.3) is 0 Å². The summed E-state index contributed by atoms with van der Waals surface area (Å²) in [6.07, 6.45) is 3.62. The summed E-state index contributed by atoms with van der Waals surface area (Å²) in [5, 5.41) is 4.09. The van der Waals surface area contributed by atoms with Crippen molar-refractivity contribution in [2.45, 2.75) is 70.7 Å². The molecule has 0 aromatic carbocycles. The fourth-order valence-corrected chi connectivity index (χ4v) is 5.40. The highest BCUT2D eigenvalue weighted by Gasteiger charge is 2.44. The molecule has 4 unspecified atom stereocenters. The molecule has 100 valence electrons. The molecule has 1 aliphatic heterocycles. The highest BCUT2D eigenvalue weighted by atomic mass is 32.2. The summed E-state index contributed by atoms with van der Waals surface area (Å²) in [5.41, 5.74) is 0.419. The molecule has 2 rings (SSSR count). The molecule has 2 aliphatic rings. The van der Waals surface area contributed by atoms with Gasteiger partial charge in [-0.3, -0.25) is 4.21 Å². The Hall–Kier alpha value is 0.110. The predicted molar refractivity (Wildman–Crippen MR) is 74.6 cm³/mol. The van der Waals surface area contributed by atoms with E-state index >= 15 is 0 Å². The van der Waals surface area contributed by atoms with Crippen LogP contribution in [0.25, 0.3) is 0 Å². The Labute approximate surface area is 108 Å². The predicted octanol–water partition coefficient (Wildman–Crippen LogP) is 2.70. The second kappa shape index (κ2) is 4.34. The van der Waals surface area contributed by atoms with Gasteiger partial charge in [0.05, 0.1) is 5.25 Å². The highest BCUT2D eigenvalue weighted by Crippen LogP contribution is 2.41. The van der Waals surface area contributed by atoms with E-state index in [1.54, 1.807) is 0 Å². The Morgan fingerprint density at radius 2 is 1.88 bits per heavy atom. The first-order valence-corrected chi connectivity index (χ1v) is 8.22. The summed E-state index contributed by atoms with van der Waals surface area (Å²) >= 11 is 0. The van der Waals surface area contributed by atoms with Crippen LogP contribution in [0.3, 0.4) is 0 Å². The van der Waals surface area contributed by atoms with Crippen LogP contribution in [0.5, 0.6) is 0 Å². The van der Waals surface area contributed by atoms with E-state index in [0.29, 0.717) is 16.7 Å². The third kappa shape index (κ3) is 2.93. The summed E-state index contributed by atoms with van der Waals surface area (Å²) in [7, 11) is -0.644. The van der Waals surface area contributed by atoms with E-state index in [4.69, 9.17) is 0 Å². The fourth-order valence-electron chi connectivity index (χ4n) is 3.38. The topological polar surface area (TPSA) is 29.1 Å². The Balaban J connectivity index is 2.10. The lowest BCUT2D eigenvalue weighted by atomic mass is 9.71. The molecule has 1 saturated carbocycles. The van der Waals surface area contributed by atoms with E-state index in [0.717, 1.165) is 18.1 Å². The lowest BCUT2D eigenvalue weighted by Gasteiger charge is -2.48. The monoisotopic (exact) mass is 257 g/mol. The molecule has 2 nitrogen and oxygen atoms in total. The summed E-state index contributed by atoms with van der Waals surface area (Å²) < 4.78 is 12.4. The molecule has 0 aromatic heterocycles. The van der Waals surface area contributed by atoms with Crippen molar-refractivity contribution < 1.29 is 4.21 Å². The van der Waals surface area contributed by atoms with Crippen LogP contribution in [-0.2, 0) is 10.8 Å². The second-order valence-electron chi connectivity index (χ2n) is 7.57. The van der Waals surface area contributed by atoms with Crippen molar-refractivity contribution in [1.82, 2.24) is 5.32 Å². The van der Waals surface area contributed by atoms with Crippen molar-refractivity contribution in [1.29, 1.82) is 0 Å². The minimum Gasteiger partial charge on any atom is -0.307 e. The SMILES string of the molecule is CC1(C)CS(=O)C2CC(C(C)(C)C)CCC2N1. The van der Waals surface area contributed by atoms with Gasteiger partial charge in [-0.15, -0.1) is 0 Å². The lowest BCUT2D eigenvalue weighted by Crippen LogP contribution is -2.62. The Morgan fingerprint density at radius 3 is 2.47 bits per heavy atom. The maximum atomic E-state index is 12.4. The Morgan fingerprint density at radius 1 is 1.24 bits per heavy atom.